The van der Waals surface area contributed by atoms with Crippen molar-refractivity contribution in [1.82, 2.24) is 10.9 Å². The van der Waals surface area contributed by atoms with Crippen LogP contribution in [0.15, 0.2) is 84.9 Å². The van der Waals surface area contributed by atoms with Crippen LogP contribution in [-0.4, -0.2) is 12.6 Å². The molecule has 2 N–H and O–H groups in total. The van der Waals surface area contributed by atoms with Crippen LogP contribution in [0.1, 0.15) is 38.9 Å². The molecule has 0 spiro atoms. The summed E-state index contributed by atoms with van der Waals surface area (Å²) in [5.41, 5.74) is 9.78. The molecule has 1 heterocycles. The van der Waals surface area contributed by atoms with Gasteiger partial charge in [-0.2, -0.15) is 0 Å². The largest absolute Gasteiger partial charge is 0.426 e. The Balaban J connectivity index is 1.55. The first kappa shape index (κ1) is 21.9. The lowest BCUT2D eigenvalue weighted by Gasteiger charge is -2.43. The molecule has 1 fully saturated rings. The lowest BCUT2D eigenvalue weighted by Crippen LogP contribution is -2.62. The maximum Gasteiger partial charge on any atom is 0.316 e. The van der Waals surface area contributed by atoms with Gasteiger partial charge in [0.05, 0.1) is 16.8 Å². The predicted octanol–water partition coefficient (Wildman–Crippen LogP) is 5.02. The number of carbonyl (C=O) groups is 1. The van der Waals surface area contributed by atoms with E-state index in [4.69, 9.17) is 4.74 Å². The summed E-state index contributed by atoms with van der Waals surface area (Å²) in [6.45, 7) is 6.42. The van der Waals surface area contributed by atoms with Gasteiger partial charge in [-0.15, -0.1) is 0 Å². The van der Waals surface area contributed by atoms with Crippen molar-refractivity contribution < 1.29 is 9.53 Å². The van der Waals surface area contributed by atoms with Crippen LogP contribution in [0.25, 0.3) is 0 Å². The summed E-state index contributed by atoms with van der Waals surface area (Å²) in [6.07, 6.45) is 0.561. The van der Waals surface area contributed by atoms with E-state index in [0.29, 0.717) is 12.4 Å². The number of anilines is 2. The molecule has 1 saturated heterocycles. The highest BCUT2D eigenvalue weighted by molar-refractivity contribution is 5.78. The molecule has 6 heteroatoms. The molecule has 0 aromatic heterocycles. The van der Waals surface area contributed by atoms with Crippen LogP contribution >= 0.6 is 0 Å². The number of esters is 1. The molecule has 1 aliphatic rings. The number of carbonyl (C=O) groups excluding carboxylic acids is 1. The van der Waals surface area contributed by atoms with Crippen LogP contribution in [-0.2, 0) is 4.79 Å². The van der Waals surface area contributed by atoms with E-state index >= 15 is 0 Å². The Bertz CT molecular complexity index is 975. The van der Waals surface area contributed by atoms with Crippen LogP contribution in [0.2, 0.25) is 0 Å². The molecular weight excluding hydrogens is 400 g/mol. The molecule has 3 aromatic rings. The van der Waals surface area contributed by atoms with E-state index in [1.54, 1.807) is 0 Å². The Morgan fingerprint density at radius 1 is 0.875 bits per heavy atom. The van der Waals surface area contributed by atoms with Gasteiger partial charge < -0.3 is 4.74 Å². The third-order valence-corrected chi connectivity index (χ3v) is 5.85. The minimum Gasteiger partial charge on any atom is -0.426 e. The van der Waals surface area contributed by atoms with Crippen molar-refractivity contribution in [1.29, 1.82) is 0 Å². The van der Waals surface area contributed by atoms with E-state index in [0.717, 1.165) is 23.4 Å². The van der Waals surface area contributed by atoms with Gasteiger partial charge in [0.2, 0.25) is 0 Å². The monoisotopic (exact) mass is 430 g/mol. The normalized spacial score (nSPS) is 15.0. The number of hydrogen-bond donors (Lipinski definition) is 2. The molecule has 0 saturated carbocycles. The highest BCUT2D eigenvalue weighted by Gasteiger charge is 2.28. The van der Waals surface area contributed by atoms with E-state index in [1.165, 1.54) is 0 Å². The molecule has 0 aliphatic carbocycles. The van der Waals surface area contributed by atoms with Gasteiger partial charge in [0.25, 0.3) is 0 Å². The molecule has 166 valence electrons. The van der Waals surface area contributed by atoms with Crippen molar-refractivity contribution >= 4 is 17.3 Å². The van der Waals surface area contributed by atoms with Gasteiger partial charge in [-0.25, -0.2) is 10.9 Å². The zero-order valence-corrected chi connectivity index (χ0v) is 18.8. The van der Waals surface area contributed by atoms with E-state index in [-0.39, 0.29) is 12.1 Å². The quantitative estimate of drug-likeness (QED) is 0.423. The van der Waals surface area contributed by atoms with Crippen LogP contribution < -0.4 is 25.6 Å². The van der Waals surface area contributed by atoms with Crippen LogP contribution in [0.5, 0.6) is 5.75 Å². The number of hydrazine groups is 2. The van der Waals surface area contributed by atoms with E-state index < -0.39 is 5.41 Å². The first-order valence-corrected chi connectivity index (χ1v) is 11.0. The summed E-state index contributed by atoms with van der Waals surface area (Å²) < 4.78 is 5.59. The molecule has 3 aromatic carbocycles. The Labute approximate surface area is 189 Å². The highest BCUT2D eigenvalue weighted by atomic mass is 16.5. The van der Waals surface area contributed by atoms with Gasteiger partial charge in [0.15, 0.2) is 0 Å². The van der Waals surface area contributed by atoms with Gasteiger partial charge in [0, 0.05) is 0 Å². The maximum atomic E-state index is 12.4. The number of nitrogens with one attached hydrogen (secondary N) is 2. The number of ether oxygens (including phenoxy) is 1. The average Bonchev–Trinajstić information content (AvgIpc) is 2.85. The first-order chi connectivity index (χ1) is 15.5. The standard InChI is InChI=1S/C26H30N4O2/c1-4-26(2,3)25(31)32-23-17-15-20(16-18-23)24-27-29(21-11-7-5-8-12-21)19-30(28-24)22-13-9-6-10-14-22/h5-18,24,27-28H,4,19H2,1-3H3. The fourth-order valence-corrected chi connectivity index (χ4v) is 3.36. The zero-order chi connectivity index (χ0) is 22.6. The Morgan fingerprint density at radius 3 is 1.84 bits per heavy atom. The molecule has 0 bridgehead atoms. The Morgan fingerprint density at radius 2 is 1.38 bits per heavy atom. The fourth-order valence-electron chi connectivity index (χ4n) is 3.36. The number of benzene rings is 3. The van der Waals surface area contributed by atoms with Crippen LogP contribution in [0.4, 0.5) is 11.4 Å². The topological polar surface area (TPSA) is 56.8 Å². The second-order valence-electron chi connectivity index (χ2n) is 8.56. The summed E-state index contributed by atoms with van der Waals surface area (Å²) in [5, 5.41) is 4.23. The highest BCUT2D eigenvalue weighted by Crippen LogP contribution is 2.27. The molecular formula is C26H30N4O2. The average molecular weight is 431 g/mol. The smallest absolute Gasteiger partial charge is 0.316 e. The van der Waals surface area contributed by atoms with E-state index in [1.807, 2.05) is 81.4 Å². The van der Waals surface area contributed by atoms with Crippen LogP contribution in [0, 0.1) is 5.41 Å². The molecule has 1 aliphatic heterocycles. The van der Waals surface area contributed by atoms with Gasteiger partial charge >= 0.3 is 5.97 Å². The van der Waals surface area contributed by atoms with E-state index in [2.05, 4.69) is 45.1 Å². The molecule has 6 nitrogen and oxygen atoms in total. The summed E-state index contributed by atoms with van der Waals surface area (Å²) in [5.74, 6) is 0.336. The number of rotatable bonds is 6. The second kappa shape index (κ2) is 9.42. The van der Waals surface area contributed by atoms with Gasteiger partial charge in [-0.05, 0) is 62.2 Å². The summed E-state index contributed by atoms with van der Waals surface area (Å²) in [6, 6.07) is 28.1. The molecule has 0 unspecified atom stereocenters. The van der Waals surface area contributed by atoms with Gasteiger partial charge in [-0.3, -0.25) is 14.8 Å². The lowest BCUT2D eigenvalue weighted by molar-refractivity contribution is -0.144. The molecule has 32 heavy (non-hydrogen) atoms. The predicted molar refractivity (Wildman–Crippen MR) is 128 cm³/mol. The van der Waals surface area contributed by atoms with E-state index in [9.17, 15) is 4.79 Å². The van der Waals surface area contributed by atoms with Crippen molar-refractivity contribution in [3.05, 3.63) is 90.5 Å². The Kier molecular flexibility index (Phi) is 6.44. The molecule has 0 atom stereocenters. The van der Waals surface area contributed by atoms with Crippen molar-refractivity contribution in [3.8, 4) is 5.75 Å². The molecule has 4 rings (SSSR count). The zero-order valence-electron chi connectivity index (χ0n) is 18.8. The SMILES string of the molecule is CCC(C)(C)C(=O)Oc1ccc(C2NN(c3ccccc3)CN(c3ccccc3)N2)cc1. The minimum absolute atomic E-state index is 0.166. The maximum absolute atomic E-state index is 12.4. The first-order valence-electron chi connectivity index (χ1n) is 11.0. The molecule has 0 radical (unpaired) electrons. The third-order valence-electron chi connectivity index (χ3n) is 5.85. The lowest BCUT2D eigenvalue weighted by atomic mass is 9.91. The van der Waals surface area contributed by atoms with Crippen molar-refractivity contribution in [3.63, 3.8) is 0 Å². The summed E-state index contributed by atoms with van der Waals surface area (Å²) in [7, 11) is 0. The summed E-state index contributed by atoms with van der Waals surface area (Å²) >= 11 is 0. The van der Waals surface area contributed by atoms with Gasteiger partial charge in [0.1, 0.15) is 18.6 Å². The van der Waals surface area contributed by atoms with Crippen molar-refractivity contribution in [2.45, 2.75) is 33.4 Å². The van der Waals surface area contributed by atoms with Gasteiger partial charge in [-0.1, -0.05) is 55.5 Å². The van der Waals surface area contributed by atoms with Crippen molar-refractivity contribution in [2.75, 3.05) is 16.7 Å². The molecule has 0 amide bonds. The fraction of sp³-hybridized carbons (Fsp3) is 0.269. The third kappa shape index (κ3) is 4.93. The number of para-hydroxylation sites is 2. The number of nitrogens with zero attached hydrogens (tertiary/aromatic N) is 2. The second-order valence-corrected chi connectivity index (χ2v) is 8.56. The number of hydrogen-bond acceptors (Lipinski definition) is 6. The minimum atomic E-state index is -0.502. The Hall–Kier alpha value is -3.35. The van der Waals surface area contributed by atoms with Crippen LogP contribution in [0.3, 0.4) is 0 Å². The summed E-state index contributed by atoms with van der Waals surface area (Å²) in [4.78, 5) is 12.4. The van der Waals surface area contributed by atoms with Crippen molar-refractivity contribution in [2.24, 2.45) is 5.41 Å².